The number of carboxylic acid groups (broad SMARTS) is 1. The van der Waals surface area contributed by atoms with Gasteiger partial charge < -0.3 is 10.4 Å². The van der Waals surface area contributed by atoms with E-state index in [2.05, 4.69) is 12.2 Å². The first kappa shape index (κ1) is 16.1. The maximum atomic E-state index is 12.3. The SMILES string of the molecule is CCSC1CCCC1NC(=O)c1ccc(/C=C/C(=O)O)s1. The lowest BCUT2D eigenvalue weighted by Crippen LogP contribution is -2.38. The number of thioether (sulfide) groups is 1. The number of carboxylic acids is 1. The van der Waals surface area contributed by atoms with Gasteiger partial charge in [0.2, 0.25) is 0 Å². The zero-order valence-corrected chi connectivity index (χ0v) is 13.5. The molecule has 1 aromatic heterocycles. The fraction of sp³-hybridized carbons (Fsp3) is 0.467. The van der Waals surface area contributed by atoms with E-state index in [1.165, 1.54) is 30.3 Å². The van der Waals surface area contributed by atoms with Gasteiger partial charge in [0.1, 0.15) is 0 Å². The fourth-order valence-electron chi connectivity index (χ4n) is 2.46. The molecule has 1 aliphatic rings. The molecule has 0 saturated heterocycles. The number of amides is 1. The van der Waals surface area contributed by atoms with E-state index in [-0.39, 0.29) is 11.9 Å². The average Bonchev–Trinajstić information content (AvgIpc) is 3.07. The highest BCUT2D eigenvalue weighted by Crippen LogP contribution is 2.30. The summed E-state index contributed by atoms with van der Waals surface area (Å²) >= 11 is 3.22. The number of carbonyl (C=O) groups excluding carboxylic acids is 1. The van der Waals surface area contributed by atoms with Crippen LogP contribution >= 0.6 is 23.1 Å². The van der Waals surface area contributed by atoms with Gasteiger partial charge in [-0.15, -0.1) is 11.3 Å². The first-order valence-corrected chi connectivity index (χ1v) is 8.90. The summed E-state index contributed by atoms with van der Waals surface area (Å²) < 4.78 is 0. The summed E-state index contributed by atoms with van der Waals surface area (Å²) in [6.07, 6.45) is 5.97. The molecule has 0 spiro atoms. The van der Waals surface area contributed by atoms with Gasteiger partial charge in [0, 0.05) is 22.2 Å². The molecular formula is C15H19NO3S2. The second kappa shape index (κ2) is 7.66. The molecule has 0 aliphatic heterocycles. The van der Waals surface area contributed by atoms with Crippen LogP contribution in [0, 0.1) is 0 Å². The maximum Gasteiger partial charge on any atom is 0.328 e. The minimum absolute atomic E-state index is 0.0522. The molecule has 114 valence electrons. The lowest BCUT2D eigenvalue weighted by molar-refractivity contribution is -0.131. The largest absolute Gasteiger partial charge is 0.478 e. The Morgan fingerprint density at radius 1 is 1.48 bits per heavy atom. The number of rotatable bonds is 6. The zero-order chi connectivity index (χ0) is 15.2. The molecule has 1 saturated carbocycles. The van der Waals surface area contributed by atoms with Gasteiger partial charge in [-0.05, 0) is 36.8 Å². The topological polar surface area (TPSA) is 66.4 Å². The molecule has 21 heavy (non-hydrogen) atoms. The van der Waals surface area contributed by atoms with Crippen LogP contribution in [-0.4, -0.2) is 34.0 Å². The summed E-state index contributed by atoms with van der Waals surface area (Å²) in [7, 11) is 0. The molecule has 1 fully saturated rings. The third-order valence-corrected chi connectivity index (χ3v) is 5.77. The van der Waals surface area contributed by atoms with E-state index in [1.807, 2.05) is 11.8 Å². The van der Waals surface area contributed by atoms with Crippen molar-refractivity contribution in [1.29, 1.82) is 0 Å². The van der Waals surface area contributed by atoms with Gasteiger partial charge in [0.25, 0.3) is 5.91 Å². The van der Waals surface area contributed by atoms with Gasteiger partial charge >= 0.3 is 5.97 Å². The average molecular weight is 325 g/mol. The van der Waals surface area contributed by atoms with Crippen molar-refractivity contribution in [2.24, 2.45) is 0 Å². The molecule has 2 N–H and O–H groups in total. The Hall–Kier alpha value is -1.27. The van der Waals surface area contributed by atoms with Crippen LogP contribution in [0.3, 0.4) is 0 Å². The number of carbonyl (C=O) groups is 2. The molecule has 0 radical (unpaired) electrons. The van der Waals surface area contributed by atoms with Crippen LogP contribution in [-0.2, 0) is 4.79 Å². The van der Waals surface area contributed by atoms with E-state index in [4.69, 9.17) is 5.11 Å². The van der Waals surface area contributed by atoms with Crippen LogP contribution in [0.2, 0.25) is 0 Å². The smallest absolute Gasteiger partial charge is 0.328 e. The molecule has 0 bridgehead atoms. The van der Waals surface area contributed by atoms with Crippen LogP contribution in [0.4, 0.5) is 0 Å². The van der Waals surface area contributed by atoms with Crippen molar-refractivity contribution in [3.05, 3.63) is 28.0 Å². The van der Waals surface area contributed by atoms with Crippen molar-refractivity contribution in [1.82, 2.24) is 5.32 Å². The van der Waals surface area contributed by atoms with Gasteiger partial charge in [-0.25, -0.2) is 4.79 Å². The fourth-order valence-corrected chi connectivity index (χ4v) is 4.47. The predicted octanol–water partition coefficient (Wildman–Crippen LogP) is 3.25. The van der Waals surface area contributed by atoms with Crippen molar-refractivity contribution in [3.8, 4) is 0 Å². The van der Waals surface area contributed by atoms with Crippen molar-refractivity contribution < 1.29 is 14.7 Å². The third kappa shape index (κ3) is 4.61. The highest BCUT2D eigenvalue weighted by atomic mass is 32.2. The highest BCUT2D eigenvalue weighted by Gasteiger charge is 2.28. The molecular weight excluding hydrogens is 306 g/mol. The molecule has 1 heterocycles. The Balaban J connectivity index is 1.95. The lowest BCUT2D eigenvalue weighted by atomic mass is 10.2. The number of hydrogen-bond donors (Lipinski definition) is 2. The number of aliphatic carboxylic acids is 1. The maximum absolute atomic E-state index is 12.3. The summed E-state index contributed by atoms with van der Waals surface area (Å²) in [6, 6.07) is 3.77. The van der Waals surface area contributed by atoms with Gasteiger partial charge in [-0.1, -0.05) is 13.3 Å². The van der Waals surface area contributed by atoms with E-state index in [0.29, 0.717) is 10.1 Å². The van der Waals surface area contributed by atoms with E-state index < -0.39 is 5.97 Å². The van der Waals surface area contributed by atoms with Crippen LogP contribution in [0.5, 0.6) is 0 Å². The van der Waals surface area contributed by atoms with Crippen LogP contribution in [0.15, 0.2) is 18.2 Å². The third-order valence-electron chi connectivity index (χ3n) is 3.39. The Labute approximate surface area is 132 Å². The Bertz CT molecular complexity index is 539. The van der Waals surface area contributed by atoms with Crippen molar-refractivity contribution in [2.45, 2.75) is 37.5 Å². The molecule has 2 atom stereocenters. The first-order chi connectivity index (χ1) is 10.1. The van der Waals surface area contributed by atoms with Crippen LogP contribution < -0.4 is 5.32 Å². The highest BCUT2D eigenvalue weighted by molar-refractivity contribution is 7.99. The van der Waals surface area contributed by atoms with Gasteiger partial charge in [-0.3, -0.25) is 4.79 Å². The molecule has 0 aromatic carbocycles. The standard InChI is InChI=1S/C15H19NO3S2/c1-2-20-12-5-3-4-11(12)16-15(19)13-8-6-10(21-13)7-9-14(17)18/h6-9,11-12H,2-5H2,1H3,(H,16,19)(H,17,18)/b9-7+. The molecule has 6 heteroatoms. The monoisotopic (exact) mass is 325 g/mol. The van der Waals surface area contributed by atoms with Crippen molar-refractivity contribution in [3.63, 3.8) is 0 Å². The molecule has 1 aromatic rings. The summed E-state index contributed by atoms with van der Waals surface area (Å²) in [5, 5.41) is 12.2. The summed E-state index contributed by atoms with van der Waals surface area (Å²) in [6.45, 7) is 2.14. The Morgan fingerprint density at radius 3 is 3.00 bits per heavy atom. The second-order valence-corrected chi connectivity index (χ2v) is 7.51. The number of thiophene rings is 1. The van der Waals surface area contributed by atoms with Crippen LogP contribution in [0.25, 0.3) is 6.08 Å². The molecule has 2 unspecified atom stereocenters. The second-order valence-electron chi connectivity index (χ2n) is 4.88. The zero-order valence-electron chi connectivity index (χ0n) is 11.9. The molecule has 1 aliphatic carbocycles. The summed E-state index contributed by atoms with van der Waals surface area (Å²) in [5.74, 6) is 0.0311. The van der Waals surface area contributed by atoms with E-state index in [1.54, 1.807) is 12.1 Å². The molecule has 1 amide bonds. The minimum atomic E-state index is -0.986. The summed E-state index contributed by atoms with van der Waals surface area (Å²) in [4.78, 5) is 24.1. The van der Waals surface area contributed by atoms with Gasteiger partial charge in [-0.2, -0.15) is 11.8 Å². The molecule has 4 nitrogen and oxygen atoms in total. The summed E-state index contributed by atoms with van der Waals surface area (Å²) in [5.41, 5.74) is 0. The minimum Gasteiger partial charge on any atom is -0.478 e. The van der Waals surface area contributed by atoms with Crippen molar-refractivity contribution >= 4 is 41.1 Å². The van der Waals surface area contributed by atoms with Gasteiger partial charge in [0.05, 0.1) is 4.88 Å². The number of hydrogen-bond acceptors (Lipinski definition) is 4. The number of nitrogens with one attached hydrogen (secondary N) is 1. The predicted molar refractivity (Wildman–Crippen MR) is 88.0 cm³/mol. The van der Waals surface area contributed by atoms with E-state index in [0.717, 1.165) is 23.1 Å². The lowest BCUT2D eigenvalue weighted by Gasteiger charge is -2.19. The van der Waals surface area contributed by atoms with E-state index in [9.17, 15) is 9.59 Å². The first-order valence-electron chi connectivity index (χ1n) is 7.03. The van der Waals surface area contributed by atoms with Crippen LogP contribution in [0.1, 0.15) is 40.7 Å². The Kier molecular flexibility index (Phi) is 5.87. The van der Waals surface area contributed by atoms with Gasteiger partial charge in [0.15, 0.2) is 0 Å². The van der Waals surface area contributed by atoms with E-state index >= 15 is 0 Å². The Morgan fingerprint density at radius 2 is 2.29 bits per heavy atom. The normalized spacial score (nSPS) is 21.8. The molecule has 2 rings (SSSR count). The van der Waals surface area contributed by atoms with Crippen molar-refractivity contribution in [2.75, 3.05) is 5.75 Å². The quantitative estimate of drug-likeness (QED) is 0.788.